The van der Waals surface area contributed by atoms with Crippen molar-refractivity contribution in [1.29, 1.82) is 0 Å². The summed E-state index contributed by atoms with van der Waals surface area (Å²) in [6.07, 6.45) is 10.8. The number of rotatable bonds is 7. The molecule has 6 nitrogen and oxygen atoms in total. The van der Waals surface area contributed by atoms with Crippen LogP contribution in [0.5, 0.6) is 5.75 Å². The van der Waals surface area contributed by atoms with Crippen LogP contribution in [-0.4, -0.2) is 54.5 Å². The van der Waals surface area contributed by atoms with Gasteiger partial charge in [0, 0.05) is 31.1 Å². The Kier molecular flexibility index (Phi) is 6.39. The number of hydrogen-bond donors (Lipinski definition) is 1. The zero-order valence-corrected chi connectivity index (χ0v) is 17.1. The summed E-state index contributed by atoms with van der Waals surface area (Å²) in [6, 6.07) is 8.83. The van der Waals surface area contributed by atoms with Gasteiger partial charge in [-0.15, -0.1) is 0 Å². The molecule has 3 aliphatic heterocycles. The van der Waals surface area contributed by atoms with E-state index < -0.39 is 0 Å². The van der Waals surface area contributed by atoms with Gasteiger partial charge in [-0.3, -0.25) is 9.79 Å². The molecule has 3 atom stereocenters. The van der Waals surface area contributed by atoms with Crippen molar-refractivity contribution in [2.24, 2.45) is 16.0 Å². The summed E-state index contributed by atoms with van der Waals surface area (Å²) in [7, 11) is 0. The first kappa shape index (κ1) is 19.8. The van der Waals surface area contributed by atoms with E-state index >= 15 is 0 Å². The van der Waals surface area contributed by atoms with Gasteiger partial charge in [-0.05, 0) is 75.1 Å². The molecule has 154 valence electrons. The first-order valence-corrected chi connectivity index (χ1v) is 10.7. The summed E-state index contributed by atoms with van der Waals surface area (Å²) in [6.45, 7) is 5.36. The topological polar surface area (TPSA) is 66.3 Å². The molecule has 2 unspecified atom stereocenters. The molecule has 0 saturated carbocycles. The molecule has 6 heteroatoms. The van der Waals surface area contributed by atoms with Crippen LogP contribution in [0.2, 0.25) is 0 Å². The van der Waals surface area contributed by atoms with Gasteiger partial charge in [0.15, 0.2) is 0 Å². The summed E-state index contributed by atoms with van der Waals surface area (Å²) in [5, 5.41) is 4.37. The minimum Gasteiger partial charge on any atom is -0.494 e. The lowest BCUT2D eigenvalue weighted by atomic mass is 9.84. The molecule has 0 aliphatic carbocycles. The molecule has 3 heterocycles. The van der Waals surface area contributed by atoms with E-state index in [1.165, 1.54) is 19.4 Å². The van der Waals surface area contributed by atoms with Crippen molar-refractivity contribution >= 4 is 17.8 Å². The highest BCUT2D eigenvalue weighted by molar-refractivity contribution is 6.06. The molecule has 3 aliphatic rings. The van der Waals surface area contributed by atoms with Gasteiger partial charge in [0.1, 0.15) is 5.75 Å². The summed E-state index contributed by atoms with van der Waals surface area (Å²) >= 11 is 0. The van der Waals surface area contributed by atoms with E-state index in [-0.39, 0.29) is 17.9 Å². The van der Waals surface area contributed by atoms with Crippen molar-refractivity contribution in [3.8, 4) is 5.75 Å². The van der Waals surface area contributed by atoms with Crippen LogP contribution in [0.4, 0.5) is 0 Å². The normalized spacial score (nSPS) is 27.0. The first-order chi connectivity index (χ1) is 14.2. The summed E-state index contributed by atoms with van der Waals surface area (Å²) in [5.41, 5.74) is 4.54. The number of likely N-dealkylation sites (tertiary alicyclic amines) is 1. The summed E-state index contributed by atoms with van der Waals surface area (Å²) in [4.78, 5) is 19.0. The third-order valence-electron chi connectivity index (χ3n) is 6.10. The average Bonchev–Trinajstić information content (AvgIpc) is 3.17. The Labute approximate surface area is 172 Å². The number of carbonyl (C=O) groups is 1. The molecule has 0 spiro atoms. The van der Waals surface area contributed by atoms with Crippen LogP contribution in [0, 0.1) is 5.92 Å². The van der Waals surface area contributed by atoms with Gasteiger partial charge in [-0.2, -0.15) is 5.10 Å². The van der Waals surface area contributed by atoms with Crippen LogP contribution in [0.25, 0.3) is 0 Å². The molecule has 29 heavy (non-hydrogen) atoms. The number of hydrogen-bond acceptors (Lipinski definition) is 5. The highest BCUT2D eigenvalue weighted by Crippen LogP contribution is 2.27. The van der Waals surface area contributed by atoms with Crippen molar-refractivity contribution < 1.29 is 9.53 Å². The van der Waals surface area contributed by atoms with Crippen molar-refractivity contribution in [3.63, 3.8) is 0 Å². The van der Waals surface area contributed by atoms with E-state index in [2.05, 4.69) is 33.4 Å². The lowest BCUT2D eigenvalue weighted by Gasteiger charge is -2.28. The smallest absolute Gasteiger partial charge is 0.240 e. The lowest BCUT2D eigenvalue weighted by Crippen LogP contribution is -2.39. The monoisotopic (exact) mass is 394 g/mol. The summed E-state index contributed by atoms with van der Waals surface area (Å²) in [5.74, 6) is 0.828. The molecule has 1 aromatic rings. The van der Waals surface area contributed by atoms with Crippen molar-refractivity contribution in [2.45, 2.75) is 51.1 Å². The second-order valence-corrected chi connectivity index (χ2v) is 8.13. The van der Waals surface area contributed by atoms with Gasteiger partial charge in [-0.25, -0.2) is 5.43 Å². The molecule has 1 saturated heterocycles. The number of dihydropyridines is 1. The third kappa shape index (κ3) is 4.93. The minimum absolute atomic E-state index is 0.000769. The highest BCUT2D eigenvalue weighted by Gasteiger charge is 2.32. The second-order valence-electron chi connectivity index (χ2n) is 8.13. The van der Waals surface area contributed by atoms with Crippen LogP contribution >= 0.6 is 0 Å². The van der Waals surface area contributed by atoms with E-state index in [9.17, 15) is 4.79 Å². The van der Waals surface area contributed by atoms with E-state index in [0.717, 1.165) is 43.0 Å². The molecule has 0 radical (unpaired) electrons. The maximum Gasteiger partial charge on any atom is 0.240 e. The number of allylic oxidation sites excluding steroid dienone is 1. The van der Waals surface area contributed by atoms with Crippen LogP contribution in [0.15, 0.2) is 46.5 Å². The number of aliphatic imine (C=N–C) groups is 1. The Bertz CT molecular complexity index is 800. The predicted molar refractivity (Wildman–Crippen MR) is 116 cm³/mol. The Balaban J connectivity index is 1.34. The van der Waals surface area contributed by atoms with Crippen LogP contribution < -0.4 is 10.2 Å². The van der Waals surface area contributed by atoms with Gasteiger partial charge in [0.2, 0.25) is 5.91 Å². The first-order valence-electron chi connectivity index (χ1n) is 10.7. The number of nitrogens with zero attached hydrogens (tertiary/aromatic N) is 3. The highest BCUT2D eigenvalue weighted by atomic mass is 16.5. The number of hydrazone groups is 1. The molecular weight excluding hydrogens is 364 g/mol. The number of nitrogens with one attached hydrogen (secondary N) is 1. The maximum atomic E-state index is 11.9. The quantitative estimate of drug-likeness (QED) is 0.723. The van der Waals surface area contributed by atoms with E-state index in [4.69, 9.17) is 4.74 Å². The Morgan fingerprint density at radius 1 is 1.28 bits per heavy atom. The number of ether oxygens (including phenoxy) is 1. The fourth-order valence-corrected chi connectivity index (χ4v) is 4.42. The largest absolute Gasteiger partial charge is 0.494 e. The Morgan fingerprint density at radius 3 is 2.86 bits per heavy atom. The molecule has 1 N–H and O–H groups in total. The van der Waals surface area contributed by atoms with E-state index in [1.54, 1.807) is 0 Å². The van der Waals surface area contributed by atoms with Crippen molar-refractivity contribution in [2.75, 3.05) is 19.7 Å². The fourth-order valence-electron chi connectivity index (χ4n) is 4.42. The predicted octanol–water partition coefficient (Wildman–Crippen LogP) is 3.18. The standard InChI is InChI=1S/C23H30N4O2/c1-17-6-4-13-27(17)14-5-15-29-19-10-8-18(9-11-19)23-20(16-22(28)25-26-23)21-7-2-3-12-24-21/h2-3,8-12,17,20-21H,4-7,13-16H2,1H3,(H,25,28)/t17-,20?,21?/m1/s1. The lowest BCUT2D eigenvalue weighted by molar-refractivity contribution is -0.122. The van der Waals surface area contributed by atoms with Gasteiger partial charge >= 0.3 is 0 Å². The van der Waals surface area contributed by atoms with Gasteiger partial charge in [0.25, 0.3) is 0 Å². The molecular formula is C23H30N4O2. The number of carbonyl (C=O) groups excluding carboxylic acids is 1. The van der Waals surface area contributed by atoms with Crippen molar-refractivity contribution in [1.82, 2.24) is 10.3 Å². The molecule has 1 fully saturated rings. The van der Waals surface area contributed by atoms with E-state index in [0.29, 0.717) is 12.5 Å². The Hall–Kier alpha value is -2.47. The second kappa shape index (κ2) is 9.35. The molecule has 1 aromatic carbocycles. The van der Waals surface area contributed by atoms with Gasteiger partial charge in [-0.1, -0.05) is 6.08 Å². The van der Waals surface area contributed by atoms with Crippen LogP contribution in [0.3, 0.4) is 0 Å². The van der Waals surface area contributed by atoms with Crippen LogP contribution in [-0.2, 0) is 4.79 Å². The summed E-state index contributed by atoms with van der Waals surface area (Å²) < 4.78 is 5.93. The average molecular weight is 395 g/mol. The molecule has 0 aromatic heterocycles. The molecule has 4 rings (SSSR count). The number of benzene rings is 1. The fraction of sp³-hybridized carbons (Fsp3) is 0.522. The zero-order valence-electron chi connectivity index (χ0n) is 17.1. The Morgan fingerprint density at radius 2 is 2.14 bits per heavy atom. The van der Waals surface area contributed by atoms with Crippen molar-refractivity contribution in [3.05, 3.63) is 42.0 Å². The SMILES string of the molecule is C[C@@H]1CCCN1CCCOc1ccc(C2=NNC(=O)CC2C2CC=CC=N2)cc1. The van der Waals surface area contributed by atoms with E-state index in [1.807, 2.05) is 36.6 Å². The minimum atomic E-state index is -0.0456. The van der Waals surface area contributed by atoms with Gasteiger partial charge in [0.05, 0.1) is 18.4 Å². The molecule has 1 amide bonds. The number of amides is 1. The third-order valence-corrected chi connectivity index (χ3v) is 6.10. The zero-order chi connectivity index (χ0) is 20.1. The maximum absolute atomic E-state index is 11.9. The van der Waals surface area contributed by atoms with Crippen LogP contribution in [0.1, 0.15) is 44.6 Å². The molecule has 0 bridgehead atoms. The van der Waals surface area contributed by atoms with Gasteiger partial charge < -0.3 is 9.64 Å².